The van der Waals surface area contributed by atoms with E-state index in [0.29, 0.717) is 18.5 Å². The Hall–Kier alpha value is -2.17. The molecule has 0 aromatic rings. The van der Waals surface area contributed by atoms with Gasteiger partial charge in [0.05, 0.1) is 0 Å². The molecule has 0 spiro atoms. The van der Waals surface area contributed by atoms with Gasteiger partial charge in [-0.3, -0.25) is 19.7 Å². The SMILES string of the molecule is C=C(C)/C=C1/C(=O)N(C2CCC(=O)NC2=O)C/C1=C/C. The summed E-state index contributed by atoms with van der Waals surface area (Å²) in [7, 11) is 0. The molecule has 0 aromatic carbocycles. The van der Waals surface area contributed by atoms with E-state index in [2.05, 4.69) is 11.9 Å². The molecule has 0 bridgehead atoms. The van der Waals surface area contributed by atoms with Crippen molar-refractivity contribution in [2.45, 2.75) is 32.7 Å². The fourth-order valence-corrected chi connectivity index (χ4v) is 2.51. The van der Waals surface area contributed by atoms with Crippen LogP contribution in [0.15, 0.2) is 35.5 Å². The van der Waals surface area contributed by atoms with Gasteiger partial charge in [-0.25, -0.2) is 0 Å². The van der Waals surface area contributed by atoms with Gasteiger partial charge in [0.25, 0.3) is 5.91 Å². The zero-order valence-corrected chi connectivity index (χ0v) is 11.7. The van der Waals surface area contributed by atoms with Gasteiger partial charge in [0.15, 0.2) is 0 Å². The number of amides is 3. The van der Waals surface area contributed by atoms with Crippen molar-refractivity contribution < 1.29 is 14.4 Å². The predicted molar refractivity (Wildman–Crippen MR) is 74.5 cm³/mol. The molecule has 2 aliphatic heterocycles. The number of carbonyl (C=O) groups excluding carboxylic acids is 3. The lowest BCUT2D eigenvalue weighted by Crippen LogP contribution is -2.52. The molecule has 2 heterocycles. The molecule has 1 N–H and O–H groups in total. The lowest BCUT2D eigenvalue weighted by atomic mass is 10.0. The van der Waals surface area contributed by atoms with Gasteiger partial charge in [0.1, 0.15) is 6.04 Å². The minimum atomic E-state index is -0.564. The second-order valence-corrected chi connectivity index (χ2v) is 5.12. The van der Waals surface area contributed by atoms with E-state index in [0.717, 1.165) is 11.1 Å². The van der Waals surface area contributed by atoms with Crippen molar-refractivity contribution in [2.24, 2.45) is 0 Å². The molecule has 0 aromatic heterocycles. The Bertz CT molecular complexity index is 557. The van der Waals surface area contributed by atoms with Gasteiger partial charge < -0.3 is 4.90 Å². The molecular formula is C15H18N2O3. The van der Waals surface area contributed by atoms with Crippen LogP contribution in [0.2, 0.25) is 0 Å². The molecule has 2 saturated heterocycles. The second kappa shape index (κ2) is 5.45. The normalized spacial score (nSPS) is 27.4. The number of hydrogen-bond donors (Lipinski definition) is 1. The summed E-state index contributed by atoms with van der Waals surface area (Å²) in [4.78, 5) is 37.0. The van der Waals surface area contributed by atoms with Crippen LogP contribution in [0.25, 0.3) is 0 Å². The Morgan fingerprint density at radius 3 is 2.65 bits per heavy atom. The number of nitrogens with zero attached hydrogens (tertiary/aromatic N) is 1. The molecule has 20 heavy (non-hydrogen) atoms. The Morgan fingerprint density at radius 1 is 1.40 bits per heavy atom. The summed E-state index contributed by atoms with van der Waals surface area (Å²) in [5.74, 6) is -0.834. The highest BCUT2D eigenvalue weighted by atomic mass is 16.2. The molecule has 0 saturated carbocycles. The molecule has 0 aliphatic carbocycles. The number of carbonyl (C=O) groups is 3. The van der Waals surface area contributed by atoms with E-state index in [9.17, 15) is 14.4 Å². The Morgan fingerprint density at radius 2 is 2.10 bits per heavy atom. The van der Waals surface area contributed by atoms with E-state index < -0.39 is 6.04 Å². The van der Waals surface area contributed by atoms with E-state index >= 15 is 0 Å². The van der Waals surface area contributed by atoms with E-state index in [4.69, 9.17) is 0 Å². The number of allylic oxidation sites excluding steroid dienone is 3. The number of imide groups is 1. The summed E-state index contributed by atoms with van der Waals surface area (Å²) in [6, 6.07) is -0.564. The maximum Gasteiger partial charge on any atom is 0.255 e. The van der Waals surface area contributed by atoms with E-state index in [-0.39, 0.29) is 24.1 Å². The summed E-state index contributed by atoms with van der Waals surface area (Å²) in [6.07, 6.45) is 4.26. The fourth-order valence-electron chi connectivity index (χ4n) is 2.51. The van der Waals surface area contributed by atoms with Crippen LogP contribution in [0.5, 0.6) is 0 Å². The standard InChI is InChI=1S/C15H18N2O3/c1-4-10-8-17(15(20)11(10)7-9(2)3)12-5-6-13(18)16-14(12)19/h4,7,12H,2,5-6,8H2,1,3H3,(H,16,18,19)/b10-4-,11-7+. The first kappa shape index (κ1) is 14.2. The van der Waals surface area contributed by atoms with Gasteiger partial charge in [-0.05, 0) is 31.9 Å². The first-order chi connectivity index (χ1) is 9.43. The van der Waals surface area contributed by atoms with Crippen molar-refractivity contribution in [3.63, 3.8) is 0 Å². The number of piperidine rings is 1. The smallest absolute Gasteiger partial charge is 0.255 e. The monoisotopic (exact) mass is 274 g/mol. The highest BCUT2D eigenvalue weighted by molar-refractivity contribution is 6.07. The van der Waals surface area contributed by atoms with Crippen molar-refractivity contribution >= 4 is 17.7 Å². The number of rotatable bonds is 2. The zero-order valence-electron chi connectivity index (χ0n) is 11.7. The summed E-state index contributed by atoms with van der Waals surface area (Å²) in [6.45, 7) is 7.88. The predicted octanol–water partition coefficient (Wildman–Crippen LogP) is 1.08. The fraction of sp³-hybridized carbons (Fsp3) is 0.400. The van der Waals surface area contributed by atoms with Crippen molar-refractivity contribution in [3.8, 4) is 0 Å². The third-order valence-electron chi connectivity index (χ3n) is 3.50. The Kier molecular flexibility index (Phi) is 3.88. The van der Waals surface area contributed by atoms with Gasteiger partial charge in [-0.15, -0.1) is 0 Å². The minimum absolute atomic E-state index is 0.171. The molecule has 106 valence electrons. The molecule has 5 heteroatoms. The highest BCUT2D eigenvalue weighted by Crippen LogP contribution is 2.28. The molecule has 3 amide bonds. The molecule has 1 atom stereocenters. The quantitative estimate of drug-likeness (QED) is 0.605. The first-order valence-corrected chi connectivity index (χ1v) is 6.61. The van der Waals surface area contributed by atoms with Crippen LogP contribution in [0, 0.1) is 0 Å². The number of hydrogen-bond acceptors (Lipinski definition) is 3. The van der Waals surface area contributed by atoms with Crippen LogP contribution in [0.1, 0.15) is 26.7 Å². The summed E-state index contributed by atoms with van der Waals surface area (Å²) < 4.78 is 0. The number of nitrogens with one attached hydrogen (secondary N) is 1. The minimum Gasteiger partial charge on any atom is -0.322 e. The highest BCUT2D eigenvalue weighted by Gasteiger charge is 2.40. The lowest BCUT2D eigenvalue weighted by molar-refractivity contribution is -0.142. The summed E-state index contributed by atoms with van der Waals surface area (Å²) in [5, 5.41) is 2.29. The van der Waals surface area contributed by atoms with Crippen molar-refractivity contribution in [2.75, 3.05) is 6.54 Å². The van der Waals surface area contributed by atoms with Crippen LogP contribution in [-0.4, -0.2) is 35.2 Å². The van der Waals surface area contributed by atoms with Gasteiger partial charge in [0, 0.05) is 18.5 Å². The van der Waals surface area contributed by atoms with Crippen LogP contribution in [0.3, 0.4) is 0 Å². The first-order valence-electron chi connectivity index (χ1n) is 6.61. The molecule has 2 aliphatic rings. The zero-order chi connectivity index (χ0) is 14.9. The maximum absolute atomic E-state index is 12.4. The summed E-state index contributed by atoms with van der Waals surface area (Å²) in [5.41, 5.74) is 2.27. The Labute approximate surface area is 118 Å². The van der Waals surface area contributed by atoms with Crippen LogP contribution >= 0.6 is 0 Å². The number of likely N-dealkylation sites (tertiary alicyclic amines) is 1. The van der Waals surface area contributed by atoms with Gasteiger partial charge in [0.2, 0.25) is 11.8 Å². The maximum atomic E-state index is 12.4. The lowest BCUT2D eigenvalue weighted by Gasteiger charge is -2.28. The van der Waals surface area contributed by atoms with Gasteiger partial charge >= 0.3 is 0 Å². The van der Waals surface area contributed by atoms with Crippen LogP contribution in [-0.2, 0) is 14.4 Å². The average molecular weight is 274 g/mol. The van der Waals surface area contributed by atoms with E-state index in [1.807, 2.05) is 19.9 Å². The third-order valence-corrected chi connectivity index (χ3v) is 3.50. The van der Waals surface area contributed by atoms with E-state index in [1.165, 1.54) is 4.90 Å². The largest absolute Gasteiger partial charge is 0.322 e. The van der Waals surface area contributed by atoms with Crippen molar-refractivity contribution in [1.29, 1.82) is 0 Å². The molecule has 2 fully saturated rings. The van der Waals surface area contributed by atoms with Gasteiger partial charge in [-0.2, -0.15) is 0 Å². The molecule has 5 nitrogen and oxygen atoms in total. The average Bonchev–Trinajstić information content (AvgIpc) is 2.67. The topological polar surface area (TPSA) is 66.5 Å². The Balaban J connectivity index is 2.27. The second-order valence-electron chi connectivity index (χ2n) is 5.12. The molecular weight excluding hydrogens is 256 g/mol. The van der Waals surface area contributed by atoms with Crippen LogP contribution in [0.4, 0.5) is 0 Å². The molecule has 0 radical (unpaired) electrons. The summed E-state index contributed by atoms with van der Waals surface area (Å²) >= 11 is 0. The van der Waals surface area contributed by atoms with Crippen LogP contribution < -0.4 is 5.32 Å². The van der Waals surface area contributed by atoms with Crippen molar-refractivity contribution in [1.82, 2.24) is 10.2 Å². The molecule has 1 unspecified atom stereocenters. The van der Waals surface area contributed by atoms with Crippen molar-refractivity contribution in [3.05, 3.63) is 35.5 Å². The third kappa shape index (κ3) is 2.57. The van der Waals surface area contributed by atoms with Gasteiger partial charge in [-0.1, -0.05) is 18.2 Å². The molecule has 2 rings (SSSR count). The van der Waals surface area contributed by atoms with E-state index in [1.54, 1.807) is 6.08 Å².